The van der Waals surface area contributed by atoms with Crippen molar-refractivity contribution in [2.24, 2.45) is 5.73 Å². The molecule has 2 aromatic rings. The van der Waals surface area contributed by atoms with Crippen molar-refractivity contribution < 1.29 is 4.79 Å². The molecule has 0 fully saturated rings. The Hall–Kier alpha value is -1.52. The summed E-state index contributed by atoms with van der Waals surface area (Å²) in [5, 5.41) is 3.76. The van der Waals surface area contributed by atoms with Crippen LogP contribution in [-0.2, 0) is 10.3 Å². The van der Waals surface area contributed by atoms with Crippen LogP contribution in [0.1, 0.15) is 12.5 Å². The highest BCUT2D eigenvalue weighted by Gasteiger charge is 2.34. The second-order valence-corrected chi connectivity index (χ2v) is 5.90. The highest BCUT2D eigenvalue weighted by molar-refractivity contribution is 9.10. The van der Waals surface area contributed by atoms with E-state index >= 15 is 0 Å². The number of carbonyl (C=O) groups excluding carboxylic acids is 1. The quantitative estimate of drug-likeness (QED) is 0.875. The first-order valence-electron chi connectivity index (χ1n) is 6.02. The number of rotatable bonds is 4. The Morgan fingerprint density at radius 3 is 2.55 bits per heavy atom. The third kappa shape index (κ3) is 2.97. The molecule has 0 saturated heterocycles. The van der Waals surface area contributed by atoms with E-state index in [2.05, 4.69) is 21.2 Å². The normalized spacial score (nSPS) is 13.6. The molecule has 2 rings (SSSR count). The van der Waals surface area contributed by atoms with Gasteiger partial charge in [-0.25, -0.2) is 0 Å². The third-order valence-corrected chi connectivity index (χ3v) is 4.05. The number of nitrogens with two attached hydrogens (primary N) is 1. The molecular weight excluding hydrogens is 340 g/mol. The van der Waals surface area contributed by atoms with Crippen LogP contribution in [0.25, 0.3) is 0 Å². The lowest BCUT2D eigenvalue weighted by atomic mass is 9.91. The average Bonchev–Trinajstić information content (AvgIpc) is 2.38. The second kappa shape index (κ2) is 5.85. The van der Waals surface area contributed by atoms with Gasteiger partial charge in [0.25, 0.3) is 0 Å². The summed E-state index contributed by atoms with van der Waals surface area (Å²) in [5.74, 6) is -0.468. The summed E-state index contributed by atoms with van der Waals surface area (Å²) in [4.78, 5) is 12.0. The van der Waals surface area contributed by atoms with Crippen LogP contribution in [0.2, 0.25) is 5.02 Å². The monoisotopic (exact) mass is 352 g/mol. The molecule has 5 heteroatoms. The molecule has 1 atom stereocenters. The Labute approximate surface area is 131 Å². The Kier molecular flexibility index (Phi) is 4.35. The lowest BCUT2D eigenvalue weighted by molar-refractivity contribution is -0.122. The zero-order valence-corrected chi connectivity index (χ0v) is 13.2. The number of anilines is 1. The Balaban J connectivity index is 2.46. The first-order valence-corrected chi connectivity index (χ1v) is 7.19. The molecule has 0 spiro atoms. The van der Waals surface area contributed by atoms with Gasteiger partial charge in [-0.15, -0.1) is 0 Å². The molecule has 0 bridgehead atoms. The van der Waals surface area contributed by atoms with Crippen LogP contribution in [0.15, 0.2) is 53.0 Å². The summed E-state index contributed by atoms with van der Waals surface area (Å²) in [7, 11) is 0. The zero-order valence-electron chi connectivity index (χ0n) is 10.9. The fourth-order valence-corrected chi connectivity index (χ4v) is 2.85. The van der Waals surface area contributed by atoms with Gasteiger partial charge in [-0.3, -0.25) is 4.79 Å². The smallest absolute Gasteiger partial charge is 0.247 e. The van der Waals surface area contributed by atoms with Crippen molar-refractivity contribution in [1.29, 1.82) is 0 Å². The lowest BCUT2D eigenvalue weighted by Gasteiger charge is -2.30. The van der Waals surface area contributed by atoms with Crippen LogP contribution < -0.4 is 11.1 Å². The SMILES string of the molecule is CC(Nc1cccc(Cl)c1)(C(N)=O)c1ccccc1Br. The van der Waals surface area contributed by atoms with Crippen molar-refractivity contribution in [3.63, 3.8) is 0 Å². The first-order chi connectivity index (χ1) is 9.43. The number of hydrogen-bond acceptors (Lipinski definition) is 2. The Morgan fingerprint density at radius 2 is 1.95 bits per heavy atom. The van der Waals surface area contributed by atoms with E-state index in [0.29, 0.717) is 5.02 Å². The van der Waals surface area contributed by atoms with Crippen LogP contribution in [0.3, 0.4) is 0 Å². The molecular formula is C15H14BrClN2O. The van der Waals surface area contributed by atoms with Gasteiger partial charge < -0.3 is 11.1 Å². The highest BCUT2D eigenvalue weighted by atomic mass is 79.9. The van der Waals surface area contributed by atoms with Gasteiger partial charge in [-0.05, 0) is 31.2 Å². The van der Waals surface area contributed by atoms with E-state index < -0.39 is 11.4 Å². The van der Waals surface area contributed by atoms with Crippen molar-refractivity contribution in [3.05, 3.63) is 63.6 Å². The Bertz CT molecular complexity index is 647. The average molecular weight is 354 g/mol. The summed E-state index contributed by atoms with van der Waals surface area (Å²) in [6, 6.07) is 14.6. The van der Waals surface area contributed by atoms with Gasteiger partial charge in [0.05, 0.1) is 0 Å². The van der Waals surface area contributed by atoms with Crippen molar-refractivity contribution in [2.75, 3.05) is 5.32 Å². The number of benzene rings is 2. The maximum absolute atomic E-state index is 12.0. The predicted octanol–water partition coefficient (Wildman–Crippen LogP) is 3.92. The molecule has 0 heterocycles. The highest BCUT2D eigenvalue weighted by Crippen LogP contribution is 2.32. The third-order valence-electron chi connectivity index (χ3n) is 3.12. The number of primary amides is 1. The molecule has 1 amide bonds. The topological polar surface area (TPSA) is 55.1 Å². The zero-order chi connectivity index (χ0) is 14.8. The molecule has 3 N–H and O–H groups in total. The van der Waals surface area contributed by atoms with Gasteiger partial charge in [0.1, 0.15) is 5.54 Å². The molecule has 0 radical (unpaired) electrons. The molecule has 3 nitrogen and oxygen atoms in total. The van der Waals surface area contributed by atoms with Crippen LogP contribution in [-0.4, -0.2) is 5.91 Å². The Morgan fingerprint density at radius 1 is 1.25 bits per heavy atom. The van der Waals surface area contributed by atoms with Gasteiger partial charge in [0.2, 0.25) is 5.91 Å². The van der Waals surface area contributed by atoms with Crippen molar-refractivity contribution in [2.45, 2.75) is 12.5 Å². The summed E-state index contributed by atoms with van der Waals surface area (Å²) < 4.78 is 0.816. The molecule has 104 valence electrons. The number of nitrogens with one attached hydrogen (secondary N) is 1. The molecule has 0 aromatic heterocycles. The number of hydrogen-bond donors (Lipinski definition) is 2. The lowest BCUT2D eigenvalue weighted by Crippen LogP contribution is -2.45. The van der Waals surface area contributed by atoms with E-state index in [-0.39, 0.29) is 0 Å². The fraction of sp³-hybridized carbons (Fsp3) is 0.133. The van der Waals surface area contributed by atoms with Gasteiger partial charge >= 0.3 is 0 Å². The largest absolute Gasteiger partial charge is 0.368 e. The van der Waals surface area contributed by atoms with Crippen LogP contribution >= 0.6 is 27.5 Å². The summed E-state index contributed by atoms with van der Waals surface area (Å²) >= 11 is 9.42. The van der Waals surface area contributed by atoms with Crippen molar-refractivity contribution in [3.8, 4) is 0 Å². The van der Waals surface area contributed by atoms with E-state index in [1.165, 1.54) is 0 Å². The van der Waals surface area contributed by atoms with Crippen LogP contribution in [0.4, 0.5) is 5.69 Å². The molecule has 1 unspecified atom stereocenters. The molecule has 0 aliphatic heterocycles. The van der Waals surface area contributed by atoms with Gasteiger partial charge in [-0.2, -0.15) is 0 Å². The number of carbonyl (C=O) groups is 1. The summed E-state index contributed by atoms with van der Waals surface area (Å²) in [6.45, 7) is 1.75. The maximum Gasteiger partial charge on any atom is 0.247 e. The summed E-state index contributed by atoms with van der Waals surface area (Å²) in [5.41, 5.74) is 6.07. The number of halogens is 2. The first kappa shape index (κ1) is 14.9. The standard InChI is InChI=1S/C15H14BrClN2O/c1-15(14(18)20,12-7-2-3-8-13(12)16)19-11-6-4-5-10(17)9-11/h2-9,19H,1H3,(H2,18,20). The predicted molar refractivity (Wildman–Crippen MR) is 85.8 cm³/mol. The van der Waals surface area contributed by atoms with Gasteiger partial charge in [0.15, 0.2) is 0 Å². The van der Waals surface area contributed by atoms with E-state index in [4.69, 9.17) is 17.3 Å². The van der Waals surface area contributed by atoms with Crippen LogP contribution in [0.5, 0.6) is 0 Å². The minimum atomic E-state index is -1.04. The summed E-state index contributed by atoms with van der Waals surface area (Å²) in [6.07, 6.45) is 0. The second-order valence-electron chi connectivity index (χ2n) is 4.60. The van der Waals surface area contributed by atoms with Crippen LogP contribution in [0, 0.1) is 0 Å². The molecule has 20 heavy (non-hydrogen) atoms. The molecule has 0 aliphatic rings. The minimum Gasteiger partial charge on any atom is -0.368 e. The van der Waals surface area contributed by atoms with Crippen molar-refractivity contribution in [1.82, 2.24) is 0 Å². The van der Waals surface area contributed by atoms with E-state index in [0.717, 1.165) is 15.7 Å². The molecule has 0 aliphatic carbocycles. The van der Waals surface area contributed by atoms with Crippen molar-refractivity contribution >= 4 is 39.1 Å². The van der Waals surface area contributed by atoms with Gasteiger partial charge in [0, 0.05) is 20.7 Å². The van der Waals surface area contributed by atoms with Gasteiger partial charge in [-0.1, -0.05) is 51.8 Å². The van der Waals surface area contributed by atoms with E-state index in [1.807, 2.05) is 36.4 Å². The van der Waals surface area contributed by atoms with E-state index in [9.17, 15) is 4.79 Å². The molecule has 2 aromatic carbocycles. The van der Waals surface area contributed by atoms with E-state index in [1.54, 1.807) is 19.1 Å². The minimum absolute atomic E-state index is 0.468. The number of amides is 1. The molecule has 0 saturated carbocycles. The maximum atomic E-state index is 12.0. The fourth-order valence-electron chi connectivity index (χ4n) is 1.98.